The predicted octanol–water partition coefficient (Wildman–Crippen LogP) is 2.22. The molecule has 4 N–H and O–H groups in total. The summed E-state index contributed by atoms with van der Waals surface area (Å²) in [7, 11) is 0. The summed E-state index contributed by atoms with van der Waals surface area (Å²) in [4.78, 5) is 26.9. The lowest BCUT2D eigenvalue weighted by molar-refractivity contribution is -0.153. The summed E-state index contributed by atoms with van der Waals surface area (Å²) in [6.45, 7) is 2.78. The Morgan fingerprint density at radius 1 is 1.12 bits per heavy atom. The Kier molecular flexibility index (Phi) is 7.33. The number of carbonyl (C=O) groups is 2. The molecule has 8 nitrogen and oxygen atoms in total. The first kappa shape index (κ1) is 24.0. The Labute approximate surface area is 203 Å². The van der Waals surface area contributed by atoms with Crippen LogP contribution in [0.2, 0.25) is 5.02 Å². The van der Waals surface area contributed by atoms with E-state index in [0.717, 1.165) is 23.4 Å². The van der Waals surface area contributed by atoms with Crippen molar-refractivity contribution in [1.82, 2.24) is 15.6 Å². The van der Waals surface area contributed by atoms with Crippen LogP contribution in [0.15, 0.2) is 73.0 Å². The number of benzene rings is 2. The van der Waals surface area contributed by atoms with Crippen LogP contribution < -0.4 is 15.8 Å². The van der Waals surface area contributed by atoms with Gasteiger partial charge in [0.05, 0.1) is 17.8 Å². The molecule has 0 radical (unpaired) electrons. The highest BCUT2D eigenvalue weighted by Crippen LogP contribution is 2.29. The zero-order valence-electron chi connectivity index (χ0n) is 18.6. The van der Waals surface area contributed by atoms with Gasteiger partial charge in [-0.05, 0) is 42.3 Å². The van der Waals surface area contributed by atoms with Gasteiger partial charge >= 0.3 is 0 Å². The predicted molar refractivity (Wildman–Crippen MR) is 130 cm³/mol. The first-order valence-electron chi connectivity index (χ1n) is 11.0. The van der Waals surface area contributed by atoms with E-state index < -0.39 is 36.1 Å². The van der Waals surface area contributed by atoms with E-state index in [1.165, 1.54) is 4.90 Å². The highest BCUT2D eigenvalue weighted by atomic mass is 35.5. The summed E-state index contributed by atoms with van der Waals surface area (Å²) in [5, 5.41) is 26.0. The van der Waals surface area contributed by atoms with Crippen molar-refractivity contribution in [2.24, 2.45) is 0 Å². The topological polar surface area (TPSA) is 105 Å². The average molecular weight is 483 g/mol. The minimum Gasteiger partial charge on any atom is -0.380 e. The molecule has 0 saturated heterocycles. The molecule has 2 aliphatic rings. The number of rotatable bonds is 7. The van der Waals surface area contributed by atoms with Crippen LogP contribution in [-0.2, 0) is 9.59 Å². The summed E-state index contributed by atoms with van der Waals surface area (Å²) >= 11 is 6.07. The second kappa shape index (κ2) is 10.4. The number of carbonyl (C=O) groups excluding carboxylic acids is 2. The highest BCUT2D eigenvalue weighted by molar-refractivity contribution is 6.30. The van der Waals surface area contributed by atoms with Crippen molar-refractivity contribution >= 4 is 29.1 Å². The van der Waals surface area contributed by atoms with Gasteiger partial charge in [0.15, 0.2) is 12.2 Å². The van der Waals surface area contributed by atoms with Gasteiger partial charge in [-0.2, -0.15) is 0 Å². The minimum atomic E-state index is -1.91. The largest absolute Gasteiger partial charge is 0.380 e. The van der Waals surface area contributed by atoms with E-state index in [4.69, 9.17) is 11.6 Å². The number of hydrazine groups is 1. The van der Waals surface area contributed by atoms with Crippen LogP contribution in [0.1, 0.15) is 30.1 Å². The minimum absolute atomic E-state index is 0.255. The Morgan fingerprint density at radius 3 is 2.56 bits per heavy atom. The molecule has 2 heterocycles. The molecule has 4 atom stereocenters. The van der Waals surface area contributed by atoms with Gasteiger partial charge in [-0.25, -0.2) is 5.43 Å². The second-order valence-electron chi connectivity index (χ2n) is 8.25. The van der Waals surface area contributed by atoms with Crippen LogP contribution in [0, 0.1) is 0 Å². The summed E-state index contributed by atoms with van der Waals surface area (Å²) in [6.07, 6.45) is 3.74. The van der Waals surface area contributed by atoms with Gasteiger partial charge in [-0.3, -0.25) is 14.6 Å². The fourth-order valence-corrected chi connectivity index (χ4v) is 4.22. The number of aliphatic hydroxyl groups excluding tert-OH is 2. The van der Waals surface area contributed by atoms with E-state index in [0.29, 0.717) is 5.02 Å². The molecule has 2 aliphatic heterocycles. The van der Waals surface area contributed by atoms with E-state index in [-0.39, 0.29) is 6.54 Å². The molecule has 2 amide bonds. The van der Waals surface area contributed by atoms with Gasteiger partial charge in [0.2, 0.25) is 0 Å². The molecule has 34 heavy (non-hydrogen) atoms. The smallest absolute Gasteiger partial charge is 0.255 e. The first-order chi connectivity index (χ1) is 16.3. The number of aliphatic hydroxyl groups is 2. The third kappa shape index (κ3) is 5.15. The fraction of sp³-hybridized carbons (Fsp3) is 0.280. The Balaban J connectivity index is 1.37. The molecule has 2 aromatic carbocycles. The van der Waals surface area contributed by atoms with Crippen molar-refractivity contribution < 1.29 is 19.8 Å². The number of hydrogen-bond donors (Lipinski definition) is 4. The van der Waals surface area contributed by atoms with Crippen molar-refractivity contribution in [3.05, 3.63) is 89.1 Å². The zero-order chi connectivity index (χ0) is 24.2. The maximum absolute atomic E-state index is 12.9. The Morgan fingerprint density at radius 2 is 1.88 bits per heavy atom. The van der Waals surface area contributed by atoms with E-state index >= 15 is 0 Å². The maximum Gasteiger partial charge on any atom is 0.255 e. The molecule has 9 heteroatoms. The maximum atomic E-state index is 12.9. The van der Waals surface area contributed by atoms with Crippen molar-refractivity contribution in [3.8, 4) is 0 Å². The molecule has 0 fully saturated rings. The quantitative estimate of drug-likeness (QED) is 0.451. The number of nitrogens with zero attached hydrogens (tertiary/aromatic N) is 2. The van der Waals surface area contributed by atoms with Crippen LogP contribution in [0.4, 0.5) is 5.69 Å². The number of anilines is 1. The van der Waals surface area contributed by atoms with Crippen molar-refractivity contribution in [2.75, 3.05) is 18.1 Å². The number of hydrogen-bond acceptors (Lipinski definition) is 6. The first-order valence-corrected chi connectivity index (χ1v) is 11.4. The monoisotopic (exact) mass is 482 g/mol. The SMILES string of the molecule is C[C@@H](NC(=O)[C@H](O)[C@@H](O)C(=O)N1CC=CC1c1cccc(Cl)c1)c1ccc(N2C=CCN2)cc1. The number of amides is 2. The number of nitrogens with one attached hydrogen (secondary N) is 2. The lowest BCUT2D eigenvalue weighted by Crippen LogP contribution is -2.51. The lowest BCUT2D eigenvalue weighted by Gasteiger charge is -2.29. The van der Waals surface area contributed by atoms with E-state index in [2.05, 4.69) is 10.7 Å². The van der Waals surface area contributed by atoms with Gasteiger partial charge in [0.25, 0.3) is 11.8 Å². The highest BCUT2D eigenvalue weighted by Gasteiger charge is 2.37. The van der Waals surface area contributed by atoms with Crippen molar-refractivity contribution in [2.45, 2.75) is 31.2 Å². The summed E-state index contributed by atoms with van der Waals surface area (Å²) in [5.41, 5.74) is 5.72. The molecule has 4 rings (SSSR count). The molecule has 0 bridgehead atoms. The van der Waals surface area contributed by atoms with Gasteiger partial charge in [0, 0.05) is 24.3 Å². The van der Waals surface area contributed by atoms with Crippen LogP contribution in [0.3, 0.4) is 0 Å². The second-order valence-corrected chi connectivity index (χ2v) is 8.68. The van der Waals surface area contributed by atoms with E-state index in [1.54, 1.807) is 31.2 Å². The summed E-state index contributed by atoms with van der Waals surface area (Å²) < 4.78 is 0. The zero-order valence-corrected chi connectivity index (χ0v) is 19.4. The molecule has 0 spiro atoms. The van der Waals surface area contributed by atoms with Crippen LogP contribution in [-0.4, -0.2) is 52.2 Å². The van der Waals surface area contributed by atoms with E-state index in [9.17, 15) is 19.8 Å². The third-order valence-electron chi connectivity index (χ3n) is 5.91. The standard InChI is InChI=1S/C25H27ClN4O4/c1-16(17-8-10-20(11-9-17)30-14-4-12-27-30)28-24(33)22(31)23(32)25(34)29-13-3-7-21(29)18-5-2-6-19(26)15-18/h2-11,14-16,21-23,27,31-32H,12-13H2,1H3,(H,28,33)/t16-,21?,22-,23-/m1/s1. The molecular weight excluding hydrogens is 456 g/mol. The molecule has 0 aromatic heterocycles. The van der Waals surface area contributed by atoms with Gasteiger partial charge in [-0.1, -0.05) is 54.1 Å². The van der Waals surface area contributed by atoms with E-state index in [1.807, 2.05) is 53.7 Å². The fourth-order valence-electron chi connectivity index (χ4n) is 4.02. The molecular formula is C25H27ClN4O4. The molecule has 0 saturated carbocycles. The lowest BCUT2D eigenvalue weighted by atomic mass is 10.0. The Hall–Kier alpha value is -3.17. The van der Waals surface area contributed by atoms with Crippen molar-refractivity contribution in [1.29, 1.82) is 0 Å². The number of halogens is 1. The third-order valence-corrected chi connectivity index (χ3v) is 6.15. The Bertz CT molecular complexity index is 1100. The normalized spacial score (nSPS) is 19.8. The molecule has 2 aromatic rings. The van der Waals surface area contributed by atoms with Gasteiger partial charge in [0.1, 0.15) is 0 Å². The van der Waals surface area contributed by atoms with Crippen LogP contribution >= 0.6 is 11.6 Å². The molecule has 1 unspecified atom stereocenters. The van der Waals surface area contributed by atoms with Crippen molar-refractivity contribution in [3.63, 3.8) is 0 Å². The molecule has 0 aliphatic carbocycles. The molecule has 178 valence electrons. The average Bonchev–Trinajstić information content (AvgIpc) is 3.55. The summed E-state index contributed by atoms with van der Waals surface area (Å²) in [5.74, 6) is -1.56. The summed E-state index contributed by atoms with van der Waals surface area (Å²) in [6, 6.07) is 13.7. The van der Waals surface area contributed by atoms with Gasteiger partial charge in [-0.15, -0.1) is 0 Å². The van der Waals surface area contributed by atoms with Gasteiger partial charge < -0.3 is 20.4 Å². The van der Waals surface area contributed by atoms with Crippen LogP contribution in [0.25, 0.3) is 0 Å². The van der Waals surface area contributed by atoms with Crippen LogP contribution in [0.5, 0.6) is 0 Å².